The molecule has 2 aromatic rings. The minimum atomic E-state index is -4.86. The second-order valence-electron chi connectivity index (χ2n) is 9.63. The molecule has 1 saturated carbocycles. The molecule has 2 aromatic carbocycles. The molecule has 1 fully saturated rings. The van der Waals surface area contributed by atoms with Gasteiger partial charge < -0.3 is 19.9 Å². The molecule has 3 rings (SSSR count). The third-order valence-electron chi connectivity index (χ3n) is 5.67. The number of aromatic hydroxyl groups is 1. The lowest BCUT2D eigenvalue weighted by molar-refractivity contribution is -0.142. The molecular formula is C26H30F3NO5. The first kappa shape index (κ1) is 26.4. The van der Waals surface area contributed by atoms with Gasteiger partial charge in [-0.1, -0.05) is 43.2 Å². The molecule has 0 aromatic heterocycles. The molecule has 1 amide bonds. The summed E-state index contributed by atoms with van der Waals surface area (Å²) in [6.45, 7) is 5.42. The van der Waals surface area contributed by atoms with E-state index in [2.05, 4.69) is 5.32 Å². The van der Waals surface area contributed by atoms with Gasteiger partial charge in [0.1, 0.15) is 22.7 Å². The van der Waals surface area contributed by atoms with Crippen LogP contribution in [-0.2, 0) is 22.3 Å². The molecule has 2 N–H and O–H groups in total. The van der Waals surface area contributed by atoms with Crippen LogP contribution in [0.2, 0.25) is 0 Å². The monoisotopic (exact) mass is 493 g/mol. The van der Waals surface area contributed by atoms with E-state index < -0.39 is 41.0 Å². The van der Waals surface area contributed by atoms with E-state index in [1.54, 1.807) is 45.0 Å². The maximum atomic E-state index is 13.6. The van der Waals surface area contributed by atoms with Crippen LogP contribution in [0, 0.1) is 5.92 Å². The van der Waals surface area contributed by atoms with Crippen LogP contribution in [0.15, 0.2) is 42.5 Å². The molecule has 1 aliphatic carbocycles. The number of ketones is 1. The number of rotatable bonds is 7. The summed E-state index contributed by atoms with van der Waals surface area (Å²) in [5.74, 6) is -2.17. The normalized spacial score (nSPS) is 15.5. The number of ether oxygens (including phenoxy) is 2. The van der Waals surface area contributed by atoms with Crippen LogP contribution in [0.3, 0.4) is 0 Å². The highest BCUT2D eigenvalue weighted by atomic mass is 19.4. The average Bonchev–Trinajstić information content (AvgIpc) is 3.29. The molecule has 1 atom stereocenters. The fourth-order valence-corrected chi connectivity index (χ4v) is 4.04. The van der Waals surface area contributed by atoms with E-state index in [9.17, 15) is 27.9 Å². The van der Waals surface area contributed by atoms with E-state index in [0.29, 0.717) is 24.0 Å². The number of alkyl halides is 3. The van der Waals surface area contributed by atoms with Crippen molar-refractivity contribution in [2.45, 2.75) is 70.9 Å². The van der Waals surface area contributed by atoms with E-state index >= 15 is 0 Å². The summed E-state index contributed by atoms with van der Waals surface area (Å²) in [4.78, 5) is 25.2. The third kappa shape index (κ3) is 7.13. The van der Waals surface area contributed by atoms with Crippen LogP contribution >= 0.6 is 0 Å². The Morgan fingerprint density at radius 3 is 2.26 bits per heavy atom. The zero-order valence-corrected chi connectivity index (χ0v) is 19.9. The van der Waals surface area contributed by atoms with Crippen molar-refractivity contribution in [2.75, 3.05) is 0 Å². The van der Waals surface area contributed by atoms with Gasteiger partial charge in [-0.15, -0.1) is 0 Å². The quantitative estimate of drug-likeness (QED) is 0.472. The number of alkyl carbamates (subject to hydrolysis) is 1. The van der Waals surface area contributed by atoms with Crippen LogP contribution < -0.4 is 10.1 Å². The number of halogens is 3. The topological polar surface area (TPSA) is 84.9 Å². The number of nitrogens with one attached hydrogen (secondary N) is 1. The Balaban J connectivity index is 1.84. The molecule has 0 spiro atoms. The van der Waals surface area contributed by atoms with Crippen LogP contribution in [-0.4, -0.2) is 22.6 Å². The van der Waals surface area contributed by atoms with E-state index in [0.717, 1.165) is 25.0 Å². The maximum Gasteiger partial charge on any atom is 0.423 e. The van der Waals surface area contributed by atoms with Gasteiger partial charge >= 0.3 is 12.3 Å². The summed E-state index contributed by atoms with van der Waals surface area (Å²) < 4.78 is 51.7. The minimum Gasteiger partial charge on any atom is -0.507 e. The molecule has 0 saturated heterocycles. The Kier molecular flexibility index (Phi) is 7.97. The first-order valence-corrected chi connectivity index (χ1v) is 11.5. The van der Waals surface area contributed by atoms with Gasteiger partial charge in [0.25, 0.3) is 0 Å². The Morgan fingerprint density at radius 2 is 1.69 bits per heavy atom. The van der Waals surface area contributed by atoms with Gasteiger partial charge in [-0.25, -0.2) is 4.79 Å². The largest absolute Gasteiger partial charge is 0.507 e. The fraction of sp³-hybridized carbons (Fsp3) is 0.462. The molecular weight excluding hydrogens is 463 g/mol. The molecule has 6 nitrogen and oxygen atoms in total. The van der Waals surface area contributed by atoms with Crippen molar-refractivity contribution in [3.05, 3.63) is 59.2 Å². The van der Waals surface area contributed by atoms with Crippen LogP contribution in [0.5, 0.6) is 11.5 Å². The number of phenolic OH excluding ortho intramolecular Hbond substituents is 1. The van der Waals surface area contributed by atoms with Crippen LogP contribution in [0.1, 0.15) is 69.2 Å². The number of Topliss-reactive ketones (excluding diaryl/α,β-unsaturated/α-hetero) is 1. The van der Waals surface area contributed by atoms with Crippen molar-refractivity contribution >= 4 is 11.9 Å². The Labute approximate surface area is 202 Å². The molecule has 9 heteroatoms. The Hall–Kier alpha value is -3.23. The number of amides is 1. The van der Waals surface area contributed by atoms with Gasteiger partial charge in [-0.3, -0.25) is 4.79 Å². The first-order chi connectivity index (χ1) is 16.3. The van der Waals surface area contributed by atoms with Crippen LogP contribution in [0.25, 0.3) is 0 Å². The summed E-state index contributed by atoms with van der Waals surface area (Å²) in [6.07, 6.45) is -3.65. The van der Waals surface area contributed by atoms with Crippen molar-refractivity contribution in [3.63, 3.8) is 0 Å². The van der Waals surface area contributed by atoms with Gasteiger partial charge in [0, 0.05) is 12.5 Å². The smallest absolute Gasteiger partial charge is 0.423 e. The summed E-state index contributed by atoms with van der Waals surface area (Å²) >= 11 is 0. The molecule has 0 aliphatic heterocycles. The fourth-order valence-electron chi connectivity index (χ4n) is 4.04. The van der Waals surface area contributed by atoms with E-state index in [-0.39, 0.29) is 18.2 Å². The van der Waals surface area contributed by atoms with Crippen molar-refractivity contribution in [2.24, 2.45) is 5.92 Å². The van der Waals surface area contributed by atoms with Gasteiger partial charge in [-0.2, -0.15) is 13.2 Å². The molecule has 190 valence electrons. The summed E-state index contributed by atoms with van der Waals surface area (Å²) in [5, 5.41) is 12.5. The van der Waals surface area contributed by atoms with Crippen molar-refractivity contribution < 1.29 is 37.3 Å². The zero-order valence-electron chi connectivity index (χ0n) is 19.9. The minimum absolute atomic E-state index is 0.169. The highest BCUT2D eigenvalue weighted by molar-refractivity contribution is 5.87. The van der Waals surface area contributed by atoms with Crippen molar-refractivity contribution in [1.82, 2.24) is 5.32 Å². The van der Waals surface area contributed by atoms with E-state index in [1.807, 2.05) is 0 Å². The average molecular weight is 494 g/mol. The zero-order chi connectivity index (χ0) is 25.8. The summed E-state index contributed by atoms with van der Waals surface area (Å²) in [7, 11) is 0. The Morgan fingerprint density at radius 1 is 1.06 bits per heavy atom. The van der Waals surface area contributed by atoms with Crippen LogP contribution in [0.4, 0.5) is 18.0 Å². The third-order valence-corrected chi connectivity index (χ3v) is 5.67. The number of carbonyl (C=O) groups excluding carboxylic acids is 2. The number of carbonyl (C=O) groups is 2. The first-order valence-electron chi connectivity index (χ1n) is 11.5. The molecule has 35 heavy (non-hydrogen) atoms. The lowest BCUT2D eigenvalue weighted by atomic mass is 9.93. The number of benzene rings is 2. The van der Waals surface area contributed by atoms with Gasteiger partial charge in [0.15, 0.2) is 11.9 Å². The second-order valence-corrected chi connectivity index (χ2v) is 9.63. The second kappa shape index (κ2) is 10.6. The molecule has 0 bridgehead atoms. The highest BCUT2D eigenvalue weighted by Gasteiger charge is 2.40. The molecule has 0 radical (unpaired) electrons. The number of hydrogen-bond acceptors (Lipinski definition) is 5. The highest BCUT2D eigenvalue weighted by Crippen LogP contribution is 2.44. The van der Waals surface area contributed by atoms with Gasteiger partial charge in [0.05, 0.1) is 0 Å². The Bertz CT molecular complexity index is 1040. The standard InChI is InChI=1S/C26H30F3NO5/c1-25(2,3)35-24(33)30-15-16-11-13-18(14-12-16)23(22(32)17-7-4-5-8-17)34-20-10-6-9-19(31)21(20)26(27,28)29/h6,9-14,17,23,31H,4-5,7-8,15H2,1-3H3,(H,30,33). The number of hydrogen-bond donors (Lipinski definition) is 2. The molecule has 1 aliphatic rings. The summed E-state index contributed by atoms with van der Waals surface area (Å²) in [5.41, 5.74) is -0.859. The van der Waals surface area contributed by atoms with Gasteiger partial charge in [0.2, 0.25) is 0 Å². The predicted molar refractivity (Wildman–Crippen MR) is 123 cm³/mol. The SMILES string of the molecule is CC(C)(C)OC(=O)NCc1ccc(C(Oc2cccc(O)c2C(F)(F)F)C(=O)C2CCCC2)cc1. The van der Waals surface area contributed by atoms with Crippen molar-refractivity contribution in [3.8, 4) is 11.5 Å². The molecule has 1 unspecified atom stereocenters. The maximum absolute atomic E-state index is 13.6. The lowest BCUT2D eigenvalue weighted by Gasteiger charge is -2.24. The van der Waals surface area contributed by atoms with E-state index in [1.165, 1.54) is 6.07 Å². The van der Waals surface area contributed by atoms with Crippen molar-refractivity contribution in [1.29, 1.82) is 0 Å². The molecule has 0 heterocycles. The number of phenols is 1. The summed E-state index contributed by atoms with van der Waals surface area (Å²) in [6, 6.07) is 9.78. The predicted octanol–water partition coefficient (Wildman–Crippen LogP) is 6.32. The van der Waals surface area contributed by atoms with E-state index in [4.69, 9.17) is 9.47 Å². The van der Waals surface area contributed by atoms with Gasteiger partial charge in [-0.05, 0) is 56.9 Å². The lowest BCUT2D eigenvalue weighted by Crippen LogP contribution is -2.32.